The third kappa shape index (κ3) is 1.90. The van der Waals surface area contributed by atoms with E-state index in [1.165, 1.54) is 28.0 Å². The van der Waals surface area contributed by atoms with Crippen LogP contribution in [0.2, 0.25) is 0 Å². The number of hydrogen-bond donors (Lipinski definition) is 0. The van der Waals surface area contributed by atoms with Gasteiger partial charge in [0.15, 0.2) is 0 Å². The Labute approximate surface area is 100 Å². The Hall–Kier alpha value is -1.15. The van der Waals surface area contributed by atoms with Gasteiger partial charge in [-0.1, -0.05) is 30.3 Å². The first-order chi connectivity index (χ1) is 7.93. The number of benzene rings is 2. The molecule has 0 bridgehead atoms. The minimum atomic E-state index is 1.15. The number of thioether (sulfide) groups is 1. The van der Waals surface area contributed by atoms with Gasteiger partial charge in [0.05, 0.1) is 0 Å². The summed E-state index contributed by atoms with van der Waals surface area (Å²) in [4.78, 5) is 2.43. The van der Waals surface area contributed by atoms with E-state index >= 15 is 0 Å². The molecule has 1 saturated heterocycles. The van der Waals surface area contributed by atoms with Crippen molar-refractivity contribution in [3.8, 4) is 0 Å². The number of anilines is 1. The summed E-state index contributed by atoms with van der Waals surface area (Å²) >= 11 is 2.04. The predicted molar refractivity (Wildman–Crippen MR) is 72.3 cm³/mol. The van der Waals surface area contributed by atoms with Crippen LogP contribution in [0.3, 0.4) is 0 Å². The Morgan fingerprint density at radius 2 is 1.81 bits per heavy atom. The summed E-state index contributed by atoms with van der Waals surface area (Å²) in [5.41, 5.74) is 1.25. The lowest BCUT2D eigenvalue weighted by Crippen LogP contribution is -2.32. The Morgan fingerprint density at radius 1 is 1.00 bits per heavy atom. The van der Waals surface area contributed by atoms with Gasteiger partial charge in [0.1, 0.15) is 0 Å². The zero-order valence-corrected chi connectivity index (χ0v) is 9.96. The summed E-state index contributed by atoms with van der Waals surface area (Å²) < 4.78 is 0. The van der Waals surface area contributed by atoms with Crippen molar-refractivity contribution in [3.05, 3.63) is 42.5 Å². The molecule has 3 rings (SSSR count). The van der Waals surface area contributed by atoms with Crippen LogP contribution in [0.5, 0.6) is 0 Å². The normalized spacial score (nSPS) is 16.6. The molecule has 2 heteroatoms. The Bertz CT molecular complexity index is 489. The molecule has 0 atom stereocenters. The van der Waals surface area contributed by atoms with E-state index in [4.69, 9.17) is 0 Å². The van der Waals surface area contributed by atoms with Crippen molar-refractivity contribution in [1.29, 1.82) is 0 Å². The molecule has 1 aliphatic rings. The van der Waals surface area contributed by atoms with Crippen molar-refractivity contribution in [2.24, 2.45) is 0 Å². The third-order valence-corrected chi connectivity index (χ3v) is 3.94. The van der Waals surface area contributed by atoms with Crippen LogP contribution in [0.4, 0.5) is 5.69 Å². The molecule has 0 amide bonds. The monoisotopic (exact) mass is 228 g/mol. The largest absolute Gasteiger partial charge is 0.369 e. The highest BCUT2D eigenvalue weighted by atomic mass is 32.2. The van der Waals surface area contributed by atoms with Crippen LogP contribution in [0.1, 0.15) is 0 Å². The fourth-order valence-corrected chi connectivity index (χ4v) is 3.00. The zero-order valence-electron chi connectivity index (χ0n) is 9.15. The zero-order chi connectivity index (χ0) is 10.8. The standard InChI is InChI=1S/C14H14NS/c1-2-4-13-11-14(6-5-12(13)3-1)15-7-9-16-10-8-15/h1-6H,7-10H2. The Balaban J connectivity index is 1.97. The van der Waals surface area contributed by atoms with Gasteiger partial charge in [0, 0.05) is 36.3 Å². The number of nitrogens with zero attached hydrogens (tertiary/aromatic N) is 1. The van der Waals surface area contributed by atoms with Gasteiger partial charge >= 0.3 is 0 Å². The van der Waals surface area contributed by atoms with E-state index in [0.717, 1.165) is 13.1 Å². The summed E-state index contributed by atoms with van der Waals surface area (Å²) in [6.07, 6.45) is 0. The molecule has 2 aromatic rings. The Morgan fingerprint density at radius 3 is 2.69 bits per heavy atom. The lowest BCUT2D eigenvalue weighted by molar-refractivity contribution is 0.859. The van der Waals surface area contributed by atoms with Gasteiger partial charge in [-0.05, 0) is 16.8 Å². The number of fused-ring (bicyclic) bond motifs is 1. The van der Waals surface area contributed by atoms with Gasteiger partial charge in [-0.15, -0.1) is 0 Å². The van der Waals surface area contributed by atoms with E-state index < -0.39 is 0 Å². The first-order valence-corrected chi connectivity index (χ1v) is 6.83. The molecule has 1 nitrogen and oxygen atoms in total. The van der Waals surface area contributed by atoms with Gasteiger partial charge in [-0.3, -0.25) is 0 Å². The topological polar surface area (TPSA) is 3.24 Å². The minimum absolute atomic E-state index is 1.15. The average molecular weight is 228 g/mol. The molecule has 2 aromatic carbocycles. The van der Waals surface area contributed by atoms with Gasteiger partial charge in [0.25, 0.3) is 0 Å². The average Bonchev–Trinajstić information content (AvgIpc) is 2.39. The molecule has 0 spiro atoms. The van der Waals surface area contributed by atoms with E-state index in [1.54, 1.807) is 0 Å². The smallest absolute Gasteiger partial charge is 0.0453 e. The maximum Gasteiger partial charge on any atom is 0.0453 e. The minimum Gasteiger partial charge on any atom is -0.369 e. The number of hydrogen-bond acceptors (Lipinski definition) is 2. The lowest BCUT2D eigenvalue weighted by atomic mass is 10.1. The maximum atomic E-state index is 3.51. The maximum absolute atomic E-state index is 3.51. The highest BCUT2D eigenvalue weighted by Gasteiger charge is 2.11. The molecular formula is C14H14NS. The van der Waals surface area contributed by atoms with Crippen molar-refractivity contribution in [2.45, 2.75) is 0 Å². The second-order valence-electron chi connectivity index (χ2n) is 4.03. The van der Waals surface area contributed by atoms with Gasteiger partial charge in [0.2, 0.25) is 0 Å². The molecule has 1 fully saturated rings. The van der Waals surface area contributed by atoms with Crippen molar-refractivity contribution < 1.29 is 0 Å². The van der Waals surface area contributed by atoms with Gasteiger partial charge < -0.3 is 4.90 Å². The van der Waals surface area contributed by atoms with Crippen molar-refractivity contribution in [1.82, 2.24) is 0 Å². The quantitative estimate of drug-likeness (QED) is 0.737. The van der Waals surface area contributed by atoms with Crippen LogP contribution < -0.4 is 4.90 Å². The highest BCUT2D eigenvalue weighted by molar-refractivity contribution is 7.99. The van der Waals surface area contributed by atoms with Crippen LogP contribution in [-0.4, -0.2) is 24.6 Å². The highest BCUT2D eigenvalue weighted by Crippen LogP contribution is 2.23. The molecule has 0 N–H and O–H groups in total. The molecular weight excluding hydrogens is 214 g/mol. The molecule has 16 heavy (non-hydrogen) atoms. The molecule has 0 unspecified atom stereocenters. The van der Waals surface area contributed by atoms with E-state index in [0.29, 0.717) is 0 Å². The number of rotatable bonds is 1. The fourth-order valence-electron chi connectivity index (χ4n) is 2.09. The molecule has 81 valence electrons. The second kappa shape index (κ2) is 4.38. The van der Waals surface area contributed by atoms with Crippen molar-refractivity contribution >= 4 is 28.2 Å². The summed E-state index contributed by atoms with van der Waals surface area (Å²) in [7, 11) is 0. The summed E-state index contributed by atoms with van der Waals surface area (Å²) in [6.45, 7) is 2.30. The lowest BCUT2D eigenvalue weighted by Gasteiger charge is -2.28. The fraction of sp³-hybridized carbons (Fsp3) is 0.286. The van der Waals surface area contributed by atoms with Crippen LogP contribution >= 0.6 is 11.8 Å². The first kappa shape index (κ1) is 10.0. The van der Waals surface area contributed by atoms with Crippen molar-refractivity contribution in [2.75, 3.05) is 29.5 Å². The molecule has 1 aliphatic heterocycles. The molecule has 0 saturated carbocycles. The van der Waals surface area contributed by atoms with E-state index in [2.05, 4.69) is 47.4 Å². The van der Waals surface area contributed by atoms with Crippen LogP contribution in [0, 0.1) is 6.07 Å². The predicted octanol–water partition coefficient (Wildman–Crippen LogP) is 3.19. The first-order valence-electron chi connectivity index (χ1n) is 5.67. The molecule has 0 aliphatic carbocycles. The van der Waals surface area contributed by atoms with Crippen LogP contribution in [0.15, 0.2) is 36.4 Å². The van der Waals surface area contributed by atoms with Crippen LogP contribution in [0.25, 0.3) is 10.8 Å². The van der Waals surface area contributed by atoms with E-state index in [9.17, 15) is 0 Å². The Kier molecular flexibility index (Phi) is 2.75. The molecule has 0 aromatic heterocycles. The van der Waals surface area contributed by atoms with Gasteiger partial charge in [-0.25, -0.2) is 0 Å². The summed E-state index contributed by atoms with van der Waals surface area (Å²) in [6, 6.07) is 16.3. The van der Waals surface area contributed by atoms with E-state index in [1.807, 2.05) is 11.8 Å². The second-order valence-corrected chi connectivity index (χ2v) is 5.25. The summed E-state index contributed by atoms with van der Waals surface area (Å²) in [5, 5.41) is 2.50. The van der Waals surface area contributed by atoms with Crippen LogP contribution in [-0.2, 0) is 0 Å². The molecule has 1 heterocycles. The summed E-state index contributed by atoms with van der Waals surface area (Å²) in [5.74, 6) is 2.47. The SMILES string of the molecule is [c]1c(N2CCSCC2)ccc2ccccc12. The molecule has 1 radical (unpaired) electrons. The third-order valence-electron chi connectivity index (χ3n) is 3.00. The van der Waals surface area contributed by atoms with Gasteiger partial charge in [-0.2, -0.15) is 11.8 Å². The van der Waals surface area contributed by atoms with E-state index in [-0.39, 0.29) is 0 Å². The van der Waals surface area contributed by atoms with Crippen molar-refractivity contribution in [3.63, 3.8) is 0 Å².